The SMILES string of the molecule is CC[C@@H]1CC(=O)[C@H](C)[C@@H](O[C@@H]2C[C@@H](C)[C@H](O)[C@](C)(OC)C2)[C@H](C)[C@@H](O[C@@H]2O[C@H](C)C[C@H](N(C)C)[C@H]2O)[C@@](C)(OCc2ccc(-c3ccccc3)cc2)C[C@@H](C)/C(=N\O)[C@@H](C)[C@@H](O)[C@]1(C)O. The molecular weight excluding hydrogens is 829 g/mol. The van der Waals surface area contributed by atoms with Crippen LogP contribution in [0.5, 0.6) is 0 Å². The number of aliphatic hydroxyl groups excluding tert-OH is 3. The molecule has 0 aromatic heterocycles. The molecule has 13 nitrogen and oxygen atoms in total. The maximum absolute atomic E-state index is 14.9. The van der Waals surface area contributed by atoms with Gasteiger partial charge in [0.1, 0.15) is 11.9 Å². The number of oxime groups is 1. The molecule has 65 heavy (non-hydrogen) atoms. The minimum Gasteiger partial charge on any atom is -0.411 e. The molecule has 18 atom stereocenters. The highest BCUT2D eigenvalue weighted by Crippen LogP contribution is 2.44. The highest BCUT2D eigenvalue weighted by Gasteiger charge is 2.53. The molecule has 0 unspecified atom stereocenters. The first kappa shape index (κ1) is 53.1. The van der Waals surface area contributed by atoms with E-state index in [0.717, 1.165) is 16.7 Å². The van der Waals surface area contributed by atoms with Gasteiger partial charge in [-0.2, -0.15) is 0 Å². The Bertz CT molecular complexity index is 1850. The first-order valence-corrected chi connectivity index (χ1v) is 24.0. The van der Waals surface area contributed by atoms with Crippen LogP contribution < -0.4 is 0 Å². The molecule has 1 saturated heterocycles. The van der Waals surface area contributed by atoms with Crippen LogP contribution in [0.4, 0.5) is 0 Å². The van der Waals surface area contributed by atoms with E-state index >= 15 is 0 Å². The molecule has 3 fully saturated rings. The van der Waals surface area contributed by atoms with Gasteiger partial charge in [0.05, 0.1) is 65.7 Å². The number of nitrogens with zero attached hydrogens (tertiary/aromatic N) is 2. The lowest BCUT2D eigenvalue weighted by Crippen LogP contribution is -2.61. The summed E-state index contributed by atoms with van der Waals surface area (Å²) >= 11 is 0. The van der Waals surface area contributed by atoms with Crippen LogP contribution in [0.25, 0.3) is 11.1 Å². The zero-order chi connectivity index (χ0) is 48.2. The zero-order valence-electron chi connectivity index (χ0n) is 41.4. The van der Waals surface area contributed by atoms with Crippen molar-refractivity contribution in [2.45, 2.75) is 186 Å². The van der Waals surface area contributed by atoms with Crippen LogP contribution in [-0.4, -0.2) is 135 Å². The van der Waals surface area contributed by atoms with Crippen molar-refractivity contribution in [2.24, 2.45) is 40.7 Å². The third kappa shape index (κ3) is 11.9. The van der Waals surface area contributed by atoms with Gasteiger partial charge in [0.25, 0.3) is 0 Å². The first-order valence-electron chi connectivity index (χ1n) is 24.0. The minimum atomic E-state index is -1.73. The molecule has 2 aromatic rings. The summed E-state index contributed by atoms with van der Waals surface area (Å²) in [5, 5.41) is 61.9. The van der Waals surface area contributed by atoms with Gasteiger partial charge in [-0.25, -0.2) is 0 Å². The summed E-state index contributed by atoms with van der Waals surface area (Å²) < 4.78 is 34.1. The topological polar surface area (TPSA) is 180 Å². The number of likely N-dealkylation sites (N-methyl/N-ethyl adjacent to an activating group) is 1. The van der Waals surface area contributed by atoms with E-state index in [-0.39, 0.29) is 49.0 Å². The monoisotopic (exact) mass is 911 g/mol. The second kappa shape index (κ2) is 22.1. The van der Waals surface area contributed by atoms with Crippen molar-refractivity contribution in [1.29, 1.82) is 0 Å². The van der Waals surface area contributed by atoms with Crippen molar-refractivity contribution in [3.05, 3.63) is 60.2 Å². The number of Topliss-reactive ketones (excluding diaryl/α,β-unsaturated/α-hetero) is 1. The standard InChI is InChI=1S/C52H82N2O11/c1-14-39-26-42(55)33(5)45(64-40-24-30(2)46(57)50(8,28-40)61-13)35(7)48(65-49-44(56)41(54(11)12)25-32(4)63-49)51(9,27-31(3)43(53-60)34(6)47(58)52(39,10)59)62-29-36-20-22-38(23-21-36)37-18-16-15-17-19-37/h15-23,30-35,39-41,44-49,56-60H,14,24-29H2,1-13H3/b53-43+/t30-,31-,32-,33+,34-,35+,39-,40-,41+,44-,45-,46+,47-,48-,49+,50-,51+,52-/m1/s1. The Balaban J connectivity index is 1.69. The van der Waals surface area contributed by atoms with Gasteiger partial charge in [0.15, 0.2) is 6.29 Å². The quantitative estimate of drug-likeness (QED) is 0.113. The third-order valence-corrected chi connectivity index (χ3v) is 15.7. The first-order chi connectivity index (χ1) is 30.5. The van der Waals surface area contributed by atoms with E-state index in [1.807, 2.05) is 105 Å². The van der Waals surface area contributed by atoms with E-state index in [0.29, 0.717) is 25.7 Å². The predicted molar refractivity (Wildman–Crippen MR) is 251 cm³/mol. The second-order valence-corrected chi connectivity index (χ2v) is 20.9. The summed E-state index contributed by atoms with van der Waals surface area (Å²) in [6.07, 6.45) is -4.69. The maximum Gasteiger partial charge on any atom is 0.185 e. The van der Waals surface area contributed by atoms with Crippen LogP contribution in [0.2, 0.25) is 0 Å². The minimum absolute atomic E-state index is 0.0531. The number of aliphatic hydroxyl groups is 4. The lowest BCUT2D eigenvalue weighted by Gasteiger charge is -2.50. The van der Waals surface area contributed by atoms with Crippen LogP contribution in [0.3, 0.4) is 0 Å². The second-order valence-electron chi connectivity index (χ2n) is 20.9. The van der Waals surface area contributed by atoms with Gasteiger partial charge in [0, 0.05) is 49.7 Å². The molecule has 2 saturated carbocycles. The third-order valence-electron chi connectivity index (χ3n) is 15.7. The molecule has 2 aromatic carbocycles. The molecule has 13 heteroatoms. The van der Waals surface area contributed by atoms with Crippen LogP contribution >= 0.6 is 0 Å². The van der Waals surface area contributed by atoms with E-state index in [9.17, 15) is 30.4 Å². The highest BCUT2D eigenvalue weighted by molar-refractivity contribution is 5.88. The normalized spacial score (nSPS) is 42.2. The number of ether oxygens (including phenoxy) is 5. The fourth-order valence-electron chi connectivity index (χ4n) is 11.4. The Morgan fingerprint density at radius 3 is 2.05 bits per heavy atom. The Morgan fingerprint density at radius 1 is 0.831 bits per heavy atom. The van der Waals surface area contributed by atoms with Gasteiger partial charge >= 0.3 is 0 Å². The summed E-state index contributed by atoms with van der Waals surface area (Å²) in [4.78, 5) is 16.8. The highest BCUT2D eigenvalue weighted by atomic mass is 16.7. The number of carbonyl (C=O) groups excluding carboxylic acids is 1. The van der Waals surface area contributed by atoms with Crippen LogP contribution in [0.15, 0.2) is 59.8 Å². The number of methoxy groups -OCH3 is 1. The van der Waals surface area contributed by atoms with Gasteiger partial charge in [-0.15, -0.1) is 0 Å². The molecule has 3 aliphatic rings. The van der Waals surface area contributed by atoms with E-state index < -0.39 is 89.3 Å². The fourth-order valence-corrected chi connectivity index (χ4v) is 11.4. The Kier molecular flexibility index (Phi) is 18.0. The Morgan fingerprint density at radius 2 is 1.46 bits per heavy atom. The summed E-state index contributed by atoms with van der Waals surface area (Å²) in [5.74, 6) is -3.71. The smallest absolute Gasteiger partial charge is 0.185 e. The van der Waals surface area contributed by atoms with Gasteiger partial charge < -0.3 is 54.2 Å². The summed E-state index contributed by atoms with van der Waals surface area (Å²) in [6, 6.07) is 18.0. The molecule has 1 aliphatic heterocycles. The van der Waals surface area contributed by atoms with Crippen LogP contribution in [0, 0.1) is 35.5 Å². The molecule has 0 radical (unpaired) electrons. The summed E-state index contributed by atoms with van der Waals surface area (Å²) in [7, 11) is 5.43. The zero-order valence-corrected chi connectivity index (χ0v) is 41.4. The number of hydrogen-bond acceptors (Lipinski definition) is 13. The molecule has 366 valence electrons. The maximum atomic E-state index is 14.9. The van der Waals surface area contributed by atoms with Gasteiger partial charge in [-0.1, -0.05) is 108 Å². The van der Waals surface area contributed by atoms with Crippen molar-refractivity contribution in [2.75, 3.05) is 21.2 Å². The molecular formula is C52H82N2O11. The van der Waals surface area contributed by atoms with E-state index in [1.165, 1.54) is 0 Å². The summed E-state index contributed by atoms with van der Waals surface area (Å²) in [5.41, 5.74) is -0.610. The average molecular weight is 911 g/mol. The van der Waals surface area contributed by atoms with E-state index in [4.69, 9.17) is 23.7 Å². The van der Waals surface area contributed by atoms with Crippen LogP contribution in [-0.2, 0) is 35.1 Å². The summed E-state index contributed by atoms with van der Waals surface area (Å²) in [6.45, 7) is 18.8. The fraction of sp³-hybridized carbons (Fsp3) is 0.731. The molecule has 5 N–H and O–H groups in total. The van der Waals surface area contributed by atoms with Crippen molar-refractivity contribution >= 4 is 11.5 Å². The molecule has 0 amide bonds. The number of carbonyl (C=O) groups is 1. The van der Waals surface area contributed by atoms with Crippen molar-refractivity contribution in [1.82, 2.24) is 4.90 Å². The molecule has 1 heterocycles. The van der Waals surface area contributed by atoms with Crippen molar-refractivity contribution in [3.8, 4) is 11.1 Å². The molecule has 0 spiro atoms. The molecule has 0 bridgehead atoms. The van der Waals surface area contributed by atoms with Gasteiger partial charge in [-0.05, 0) is 89.6 Å². The number of hydrogen-bond donors (Lipinski definition) is 5. The lowest BCUT2D eigenvalue weighted by atomic mass is 9.69. The number of rotatable bonds is 11. The average Bonchev–Trinajstić information content (AvgIpc) is 3.27. The van der Waals surface area contributed by atoms with Crippen LogP contribution in [0.1, 0.15) is 113 Å². The van der Waals surface area contributed by atoms with Crippen molar-refractivity contribution < 1.29 is 54.1 Å². The largest absolute Gasteiger partial charge is 0.411 e. The van der Waals surface area contributed by atoms with Gasteiger partial charge in [-0.3, -0.25) is 4.79 Å². The number of ketones is 1. The van der Waals surface area contributed by atoms with E-state index in [2.05, 4.69) is 29.4 Å². The van der Waals surface area contributed by atoms with Crippen molar-refractivity contribution in [3.63, 3.8) is 0 Å². The lowest BCUT2D eigenvalue weighted by molar-refractivity contribution is -0.307. The molecule has 2 aliphatic carbocycles. The Hall–Kier alpha value is -2.82. The van der Waals surface area contributed by atoms with E-state index in [1.54, 1.807) is 21.0 Å². The van der Waals surface area contributed by atoms with Gasteiger partial charge in [0.2, 0.25) is 0 Å². The number of benzene rings is 2. The molecule has 5 rings (SSSR count). The predicted octanol–water partition coefficient (Wildman–Crippen LogP) is 7.27. The Labute approximate surface area is 388 Å².